The zero-order valence-corrected chi connectivity index (χ0v) is 13.4. The summed E-state index contributed by atoms with van der Waals surface area (Å²) < 4.78 is 0. The van der Waals surface area contributed by atoms with Gasteiger partial charge in [0.05, 0.1) is 10.7 Å². The van der Waals surface area contributed by atoms with Gasteiger partial charge in [-0.15, -0.1) is 0 Å². The number of allylic oxidation sites excluding steroid dienone is 4. The van der Waals surface area contributed by atoms with Crippen LogP contribution >= 0.6 is 23.2 Å². The van der Waals surface area contributed by atoms with E-state index in [-0.39, 0.29) is 0 Å². The van der Waals surface area contributed by atoms with Crippen molar-refractivity contribution in [2.45, 2.75) is 19.8 Å². The lowest BCUT2D eigenvalue weighted by atomic mass is 9.90. The first-order chi connectivity index (χ1) is 9.99. The topological polar surface area (TPSA) is 55.4 Å². The summed E-state index contributed by atoms with van der Waals surface area (Å²) in [7, 11) is 1.66. The molecule has 3 nitrogen and oxygen atoms in total. The number of aliphatic imine (C=N–C) groups is 1. The maximum Gasteiger partial charge on any atom is 0.147 e. The minimum absolute atomic E-state index is 0.368. The van der Waals surface area contributed by atoms with E-state index in [0.29, 0.717) is 45.5 Å². The summed E-state index contributed by atoms with van der Waals surface area (Å²) in [5.41, 5.74) is 10.3. The number of aryl methyl sites for hydroxylation is 1. The van der Waals surface area contributed by atoms with Crippen molar-refractivity contribution >= 4 is 35.2 Å². The lowest BCUT2D eigenvalue weighted by Gasteiger charge is -2.21. The summed E-state index contributed by atoms with van der Waals surface area (Å²) in [5, 5.41) is 0.941. The number of halogens is 2. The van der Waals surface area contributed by atoms with Crippen LogP contribution in [0, 0.1) is 6.92 Å². The van der Waals surface area contributed by atoms with E-state index >= 15 is 0 Å². The van der Waals surface area contributed by atoms with Gasteiger partial charge in [0, 0.05) is 34.5 Å². The van der Waals surface area contributed by atoms with E-state index in [1.54, 1.807) is 7.05 Å². The number of rotatable bonds is 3. The molecule has 2 rings (SSSR count). The summed E-state index contributed by atoms with van der Waals surface area (Å²) in [6, 6.07) is 5.67. The number of nitrogens with two attached hydrogens (primary N) is 1. The first-order valence-corrected chi connectivity index (χ1v) is 7.31. The molecular formula is C16H16Cl2N2O. The van der Waals surface area contributed by atoms with E-state index in [9.17, 15) is 4.79 Å². The summed E-state index contributed by atoms with van der Waals surface area (Å²) >= 11 is 12.6. The van der Waals surface area contributed by atoms with Crippen LogP contribution in [0.1, 0.15) is 24.0 Å². The zero-order chi connectivity index (χ0) is 15.6. The largest absolute Gasteiger partial charge is 0.401 e. The second-order valence-electron chi connectivity index (χ2n) is 4.91. The molecule has 0 unspecified atom stereocenters. The lowest BCUT2D eigenvalue weighted by molar-refractivity contribution is -0.105. The van der Waals surface area contributed by atoms with Gasteiger partial charge in [0.15, 0.2) is 0 Å². The molecule has 0 atom stereocenters. The number of carbonyl (C=O) groups is 1. The van der Waals surface area contributed by atoms with Crippen molar-refractivity contribution in [2.24, 2.45) is 10.7 Å². The Kier molecular flexibility index (Phi) is 4.86. The average Bonchev–Trinajstić information content (AvgIpc) is 2.46. The van der Waals surface area contributed by atoms with Crippen LogP contribution in [0.5, 0.6) is 0 Å². The van der Waals surface area contributed by atoms with E-state index < -0.39 is 0 Å². The average molecular weight is 323 g/mol. The molecule has 0 saturated heterocycles. The Bertz CT molecular complexity index is 688. The predicted octanol–water partition coefficient (Wildman–Crippen LogP) is 3.77. The molecule has 0 spiro atoms. The molecule has 0 radical (unpaired) electrons. The van der Waals surface area contributed by atoms with Crippen molar-refractivity contribution < 1.29 is 4.79 Å². The third-order valence-corrected chi connectivity index (χ3v) is 4.23. The van der Waals surface area contributed by atoms with E-state index in [4.69, 9.17) is 28.9 Å². The Balaban J connectivity index is 2.64. The van der Waals surface area contributed by atoms with Gasteiger partial charge < -0.3 is 5.73 Å². The van der Waals surface area contributed by atoms with E-state index in [2.05, 4.69) is 4.99 Å². The standard InChI is InChI=1S/C16H16Cl2N2O/c1-9-3-5-12(17)11(7-9)16(20-2)14-13(19)6-4-10(8-21)15(14)18/h3,5,7-8H,4,6,19H2,1-2H3. The highest BCUT2D eigenvalue weighted by molar-refractivity contribution is 6.41. The van der Waals surface area contributed by atoms with Crippen molar-refractivity contribution in [1.29, 1.82) is 0 Å². The molecule has 0 aromatic heterocycles. The zero-order valence-electron chi connectivity index (χ0n) is 11.9. The second-order valence-corrected chi connectivity index (χ2v) is 5.70. The summed E-state index contributed by atoms with van der Waals surface area (Å²) in [6.45, 7) is 1.97. The number of benzene rings is 1. The van der Waals surface area contributed by atoms with Crippen molar-refractivity contribution in [1.82, 2.24) is 0 Å². The quantitative estimate of drug-likeness (QED) is 0.680. The molecule has 2 N–H and O–H groups in total. The number of aldehydes is 1. The molecule has 0 bridgehead atoms. The normalized spacial score (nSPS) is 16.5. The number of carbonyl (C=O) groups excluding carboxylic acids is 1. The highest BCUT2D eigenvalue weighted by atomic mass is 35.5. The summed E-state index contributed by atoms with van der Waals surface area (Å²) in [5.74, 6) is 0. The van der Waals surface area contributed by atoms with Gasteiger partial charge in [-0.25, -0.2) is 0 Å². The molecule has 1 aliphatic rings. The predicted molar refractivity (Wildman–Crippen MR) is 88.0 cm³/mol. The molecule has 1 aromatic carbocycles. The second kappa shape index (κ2) is 6.46. The SMILES string of the molecule is CN=C(C1=C(N)CCC(C=O)=C1Cl)c1cc(C)ccc1Cl. The molecule has 110 valence electrons. The van der Waals surface area contributed by atoms with Crippen molar-refractivity contribution in [2.75, 3.05) is 7.05 Å². The fraction of sp³-hybridized carbons (Fsp3) is 0.250. The van der Waals surface area contributed by atoms with Crippen LogP contribution in [-0.4, -0.2) is 19.0 Å². The molecule has 0 aliphatic heterocycles. The van der Waals surface area contributed by atoms with Gasteiger partial charge in [-0.1, -0.05) is 34.8 Å². The number of hydrogen-bond acceptors (Lipinski definition) is 3. The Morgan fingerprint density at radius 3 is 2.67 bits per heavy atom. The van der Waals surface area contributed by atoms with Crippen LogP contribution in [0.2, 0.25) is 5.02 Å². The summed E-state index contributed by atoms with van der Waals surface area (Å²) in [6.07, 6.45) is 1.91. The van der Waals surface area contributed by atoms with Gasteiger partial charge in [0.1, 0.15) is 6.29 Å². The van der Waals surface area contributed by atoms with E-state index in [1.807, 2.05) is 25.1 Å². The van der Waals surface area contributed by atoms with Crippen LogP contribution in [0.4, 0.5) is 0 Å². The van der Waals surface area contributed by atoms with Crippen molar-refractivity contribution in [3.63, 3.8) is 0 Å². The molecule has 0 fully saturated rings. The minimum Gasteiger partial charge on any atom is -0.401 e. The minimum atomic E-state index is 0.368. The first-order valence-electron chi connectivity index (χ1n) is 6.56. The third-order valence-electron chi connectivity index (χ3n) is 3.47. The van der Waals surface area contributed by atoms with E-state index in [1.165, 1.54) is 0 Å². The molecule has 0 heterocycles. The van der Waals surface area contributed by atoms with Crippen LogP contribution in [0.25, 0.3) is 0 Å². The van der Waals surface area contributed by atoms with Crippen LogP contribution in [0.15, 0.2) is 45.1 Å². The Morgan fingerprint density at radius 1 is 1.33 bits per heavy atom. The molecule has 0 amide bonds. The number of nitrogens with zero attached hydrogens (tertiary/aromatic N) is 1. The van der Waals surface area contributed by atoms with Gasteiger partial charge in [0.2, 0.25) is 0 Å². The van der Waals surface area contributed by atoms with Crippen LogP contribution in [0.3, 0.4) is 0 Å². The third kappa shape index (κ3) is 3.04. The van der Waals surface area contributed by atoms with Gasteiger partial charge in [-0.05, 0) is 31.9 Å². The fourth-order valence-corrected chi connectivity index (χ4v) is 2.92. The van der Waals surface area contributed by atoms with Crippen molar-refractivity contribution in [3.8, 4) is 0 Å². The van der Waals surface area contributed by atoms with E-state index in [0.717, 1.165) is 17.4 Å². The Labute approximate surface area is 134 Å². The monoisotopic (exact) mass is 322 g/mol. The molecule has 5 heteroatoms. The summed E-state index contributed by atoms with van der Waals surface area (Å²) in [4.78, 5) is 15.4. The molecule has 1 aliphatic carbocycles. The molecular weight excluding hydrogens is 307 g/mol. The maximum atomic E-state index is 11.1. The maximum absolute atomic E-state index is 11.1. The van der Waals surface area contributed by atoms with Crippen molar-refractivity contribution in [3.05, 3.63) is 56.2 Å². The van der Waals surface area contributed by atoms with Gasteiger partial charge in [0.25, 0.3) is 0 Å². The smallest absolute Gasteiger partial charge is 0.147 e. The fourth-order valence-electron chi connectivity index (χ4n) is 2.36. The highest BCUT2D eigenvalue weighted by Gasteiger charge is 2.24. The van der Waals surface area contributed by atoms with Gasteiger partial charge >= 0.3 is 0 Å². The first kappa shape index (κ1) is 15.8. The molecule has 21 heavy (non-hydrogen) atoms. The number of hydrogen-bond donors (Lipinski definition) is 1. The van der Waals surface area contributed by atoms with Crippen LogP contribution < -0.4 is 5.73 Å². The van der Waals surface area contributed by atoms with Gasteiger partial charge in [-0.2, -0.15) is 0 Å². The van der Waals surface area contributed by atoms with Gasteiger partial charge in [-0.3, -0.25) is 9.79 Å². The molecule has 1 aromatic rings. The molecule has 0 saturated carbocycles. The Hall–Kier alpha value is -1.58. The lowest BCUT2D eigenvalue weighted by Crippen LogP contribution is -2.18. The van der Waals surface area contributed by atoms with Crippen LogP contribution in [-0.2, 0) is 4.79 Å². The Morgan fingerprint density at radius 2 is 2.05 bits per heavy atom. The highest BCUT2D eigenvalue weighted by Crippen LogP contribution is 2.34.